The van der Waals surface area contributed by atoms with E-state index in [0.29, 0.717) is 18.0 Å². The molecule has 6 heteroatoms. The second-order valence-corrected chi connectivity index (χ2v) is 7.75. The number of anilines is 1. The molecule has 0 amide bonds. The highest BCUT2D eigenvalue weighted by Crippen LogP contribution is 2.45. The monoisotopic (exact) mass is 341 g/mol. The van der Waals surface area contributed by atoms with Crippen LogP contribution in [0.25, 0.3) is 11.0 Å². The van der Waals surface area contributed by atoms with Crippen LogP contribution < -0.4 is 4.90 Å². The van der Waals surface area contributed by atoms with Crippen molar-refractivity contribution in [1.82, 2.24) is 19.9 Å². The van der Waals surface area contributed by atoms with E-state index in [1.54, 1.807) is 6.33 Å². The van der Waals surface area contributed by atoms with Crippen molar-refractivity contribution in [2.75, 3.05) is 31.6 Å². The molecule has 0 atom stereocenters. The number of nitrogens with zero attached hydrogens (tertiary/aromatic N) is 4. The molecule has 1 saturated heterocycles. The number of piperidine rings is 1. The maximum atomic E-state index is 10.7. The molecule has 1 aliphatic carbocycles. The van der Waals surface area contributed by atoms with E-state index in [9.17, 15) is 4.79 Å². The van der Waals surface area contributed by atoms with E-state index >= 15 is 0 Å². The van der Waals surface area contributed by atoms with Gasteiger partial charge in [0, 0.05) is 19.3 Å². The molecule has 3 heterocycles. The summed E-state index contributed by atoms with van der Waals surface area (Å²) in [4.78, 5) is 27.4. The van der Waals surface area contributed by atoms with Crippen LogP contribution in [0.15, 0.2) is 18.6 Å². The fourth-order valence-corrected chi connectivity index (χ4v) is 4.73. The van der Waals surface area contributed by atoms with Crippen molar-refractivity contribution < 1.29 is 4.79 Å². The Morgan fingerprint density at radius 3 is 2.76 bits per heavy atom. The maximum Gasteiger partial charge on any atom is 0.142 e. The molecule has 2 aromatic heterocycles. The number of carbonyl (C=O) groups excluding carboxylic acids is 1. The van der Waals surface area contributed by atoms with E-state index in [4.69, 9.17) is 0 Å². The molecule has 134 valence electrons. The average Bonchev–Trinajstić information content (AvgIpc) is 3.13. The molecule has 2 aromatic rings. The van der Waals surface area contributed by atoms with Crippen LogP contribution in [0, 0.1) is 5.41 Å². The van der Waals surface area contributed by atoms with Gasteiger partial charge in [-0.05, 0) is 63.1 Å². The summed E-state index contributed by atoms with van der Waals surface area (Å²) in [5.41, 5.74) is 1.41. The molecule has 2 aliphatic rings. The van der Waals surface area contributed by atoms with Crippen molar-refractivity contribution in [1.29, 1.82) is 0 Å². The topological polar surface area (TPSA) is 65.1 Å². The number of fused-ring (bicyclic) bond motifs is 1. The molecule has 0 radical (unpaired) electrons. The molecule has 1 saturated carbocycles. The highest BCUT2D eigenvalue weighted by molar-refractivity contribution is 5.87. The lowest BCUT2D eigenvalue weighted by Crippen LogP contribution is -2.45. The summed E-state index contributed by atoms with van der Waals surface area (Å²) < 4.78 is 0. The second-order valence-electron chi connectivity index (χ2n) is 7.75. The normalized spacial score (nSPS) is 21.6. The Hall–Kier alpha value is -1.95. The van der Waals surface area contributed by atoms with Gasteiger partial charge in [0.15, 0.2) is 0 Å². The molecule has 4 rings (SSSR count). The predicted octanol–water partition coefficient (Wildman–Crippen LogP) is 2.62. The summed E-state index contributed by atoms with van der Waals surface area (Å²) in [5, 5.41) is 1.10. The predicted molar refractivity (Wildman–Crippen MR) is 98.7 cm³/mol. The number of hydrogen-bond donors (Lipinski definition) is 1. The fraction of sp³-hybridized carbons (Fsp3) is 0.632. The standard InChI is InChI=1S/C19H27N5O/c1-23(18-16-4-9-20-17(16)21-14-22-18)15-2-5-19(6-3-15)7-10-24(11-8-19)12-13-25/h4,9,13-15H,2-3,5-8,10-12H2,1H3,(H,20,21,22). The number of nitrogens with one attached hydrogen (secondary N) is 1. The number of carbonyl (C=O) groups is 1. The van der Waals surface area contributed by atoms with Crippen LogP contribution in [0.4, 0.5) is 5.82 Å². The lowest BCUT2D eigenvalue weighted by molar-refractivity contribution is -0.109. The molecule has 1 N–H and O–H groups in total. The Kier molecular flexibility index (Phi) is 4.46. The smallest absolute Gasteiger partial charge is 0.142 e. The minimum Gasteiger partial charge on any atom is -0.356 e. The summed E-state index contributed by atoms with van der Waals surface area (Å²) in [7, 11) is 2.17. The third-order valence-electron chi connectivity index (χ3n) is 6.48. The van der Waals surface area contributed by atoms with Gasteiger partial charge >= 0.3 is 0 Å². The van der Waals surface area contributed by atoms with Gasteiger partial charge in [-0.25, -0.2) is 9.97 Å². The highest BCUT2D eigenvalue weighted by Gasteiger charge is 2.39. The van der Waals surface area contributed by atoms with Crippen molar-refractivity contribution in [2.45, 2.75) is 44.6 Å². The second kappa shape index (κ2) is 6.75. The summed E-state index contributed by atoms with van der Waals surface area (Å²) in [6, 6.07) is 2.61. The zero-order valence-corrected chi connectivity index (χ0v) is 14.9. The summed E-state index contributed by atoms with van der Waals surface area (Å²) in [6.07, 6.45) is 12.1. The van der Waals surface area contributed by atoms with E-state index in [0.717, 1.165) is 36.2 Å². The first-order valence-corrected chi connectivity index (χ1v) is 9.38. The molecule has 0 bridgehead atoms. The Bertz CT molecular complexity index is 724. The van der Waals surface area contributed by atoms with Crippen LogP contribution >= 0.6 is 0 Å². The Balaban J connectivity index is 1.40. The minimum absolute atomic E-state index is 0.506. The number of likely N-dealkylation sites (tertiary alicyclic amines) is 1. The van der Waals surface area contributed by atoms with Crippen LogP contribution in [0.2, 0.25) is 0 Å². The molecule has 1 spiro atoms. The van der Waals surface area contributed by atoms with Crippen LogP contribution in [-0.2, 0) is 4.79 Å². The van der Waals surface area contributed by atoms with Crippen LogP contribution in [0.5, 0.6) is 0 Å². The van der Waals surface area contributed by atoms with Gasteiger partial charge in [-0.3, -0.25) is 4.90 Å². The van der Waals surface area contributed by atoms with Gasteiger partial charge in [-0.1, -0.05) is 0 Å². The first kappa shape index (κ1) is 16.5. The van der Waals surface area contributed by atoms with Crippen molar-refractivity contribution in [2.24, 2.45) is 5.41 Å². The number of rotatable bonds is 4. The molecular weight excluding hydrogens is 314 g/mol. The highest BCUT2D eigenvalue weighted by atomic mass is 16.1. The third kappa shape index (κ3) is 3.15. The lowest BCUT2D eigenvalue weighted by Gasteiger charge is -2.47. The van der Waals surface area contributed by atoms with Gasteiger partial charge in [-0.2, -0.15) is 0 Å². The maximum absolute atomic E-state index is 10.7. The number of aromatic nitrogens is 3. The van der Waals surface area contributed by atoms with Gasteiger partial charge in [0.1, 0.15) is 24.1 Å². The number of H-pyrrole nitrogens is 1. The van der Waals surface area contributed by atoms with E-state index in [2.05, 4.69) is 37.9 Å². The minimum atomic E-state index is 0.506. The van der Waals surface area contributed by atoms with Crippen molar-refractivity contribution in [3.8, 4) is 0 Å². The van der Waals surface area contributed by atoms with Crippen LogP contribution in [0.3, 0.4) is 0 Å². The van der Waals surface area contributed by atoms with E-state index in [1.165, 1.54) is 38.5 Å². The van der Waals surface area contributed by atoms with Gasteiger partial charge in [0.05, 0.1) is 11.9 Å². The molecule has 1 aliphatic heterocycles. The SMILES string of the molecule is CN(c1ncnc2[nH]ccc12)C1CCC2(CC1)CCN(CC=O)CC2. The molecule has 2 fully saturated rings. The van der Waals surface area contributed by atoms with Crippen molar-refractivity contribution >= 4 is 23.1 Å². The summed E-state index contributed by atoms with van der Waals surface area (Å²) in [5.74, 6) is 1.04. The molecule has 0 aromatic carbocycles. The first-order chi connectivity index (χ1) is 12.2. The summed E-state index contributed by atoms with van der Waals surface area (Å²) in [6.45, 7) is 2.76. The van der Waals surface area contributed by atoms with Gasteiger partial charge in [0.25, 0.3) is 0 Å². The quantitative estimate of drug-likeness (QED) is 0.866. The Morgan fingerprint density at radius 2 is 2.04 bits per heavy atom. The van der Waals surface area contributed by atoms with Crippen molar-refractivity contribution in [3.05, 3.63) is 18.6 Å². The van der Waals surface area contributed by atoms with Crippen LogP contribution in [0.1, 0.15) is 38.5 Å². The zero-order chi connectivity index (χ0) is 17.3. The van der Waals surface area contributed by atoms with E-state index in [-0.39, 0.29) is 0 Å². The lowest BCUT2D eigenvalue weighted by atomic mass is 9.66. The zero-order valence-electron chi connectivity index (χ0n) is 14.9. The Morgan fingerprint density at radius 1 is 1.28 bits per heavy atom. The fourth-order valence-electron chi connectivity index (χ4n) is 4.73. The third-order valence-corrected chi connectivity index (χ3v) is 6.48. The van der Waals surface area contributed by atoms with Gasteiger partial charge in [-0.15, -0.1) is 0 Å². The number of hydrogen-bond acceptors (Lipinski definition) is 5. The van der Waals surface area contributed by atoms with E-state index < -0.39 is 0 Å². The van der Waals surface area contributed by atoms with Gasteiger partial charge < -0.3 is 14.7 Å². The molecule has 6 nitrogen and oxygen atoms in total. The largest absolute Gasteiger partial charge is 0.356 e. The first-order valence-electron chi connectivity index (χ1n) is 9.38. The van der Waals surface area contributed by atoms with E-state index in [1.807, 2.05) is 6.20 Å². The van der Waals surface area contributed by atoms with Gasteiger partial charge in [0.2, 0.25) is 0 Å². The summed E-state index contributed by atoms with van der Waals surface area (Å²) >= 11 is 0. The number of aromatic amines is 1. The van der Waals surface area contributed by atoms with Crippen molar-refractivity contribution in [3.63, 3.8) is 0 Å². The Labute approximate surface area is 148 Å². The molecule has 0 unspecified atom stereocenters. The average molecular weight is 341 g/mol. The molecular formula is C19H27N5O. The van der Waals surface area contributed by atoms with Crippen LogP contribution in [-0.4, -0.2) is 58.9 Å². The number of aldehydes is 1. The molecule has 25 heavy (non-hydrogen) atoms.